The number of para-hydroxylation sites is 3. The number of H-pyrrole nitrogens is 1. The minimum absolute atomic E-state index is 0.157. The summed E-state index contributed by atoms with van der Waals surface area (Å²) in [5.74, 6) is 0.694. The number of rotatable bonds is 5. The van der Waals surface area contributed by atoms with Crippen molar-refractivity contribution in [3.05, 3.63) is 60.3 Å². The zero-order chi connectivity index (χ0) is 18.6. The van der Waals surface area contributed by atoms with E-state index in [1.165, 1.54) is 0 Å². The summed E-state index contributed by atoms with van der Waals surface area (Å²) in [7, 11) is 0. The van der Waals surface area contributed by atoms with Gasteiger partial charge in [-0.2, -0.15) is 0 Å². The molecule has 0 aliphatic carbocycles. The molecule has 138 valence electrons. The third kappa shape index (κ3) is 3.72. The minimum atomic E-state index is -0.704. The molecule has 1 aliphatic heterocycles. The summed E-state index contributed by atoms with van der Waals surface area (Å²) in [6.07, 6.45) is -0.704. The average Bonchev–Trinajstić information content (AvgIpc) is 3.15. The van der Waals surface area contributed by atoms with Crippen molar-refractivity contribution in [2.75, 3.05) is 19.7 Å². The van der Waals surface area contributed by atoms with Gasteiger partial charge < -0.3 is 25.1 Å². The fraction of sp³-hybridized carbons (Fsp3) is 0.200. The van der Waals surface area contributed by atoms with Gasteiger partial charge in [0.05, 0.1) is 0 Å². The van der Waals surface area contributed by atoms with Crippen molar-refractivity contribution in [2.45, 2.75) is 6.10 Å². The molecule has 27 heavy (non-hydrogen) atoms. The molecule has 0 unspecified atom stereocenters. The Labute approximate surface area is 155 Å². The highest BCUT2D eigenvalue weighted by molar-refractivity contribution is 5.98. The second-order valence-electron chi connectivity index (χ2n) is 6.18. The maximum Gasteiger partial charge on any atom is 0.267 e. The van der Waals surface area contributed by atoms with Gasteiger partial charge in [0.1, 0.15) is 12.3 Å². The van der Waals surface area contributed by atoms with Crippen LogP contribution in [0.3, 0.4) is 0 Å². The van der Waals surface area contributed by atoms with Crippen molar-refractivity contribution in [1.29, 1.82) is 0 Å². The normalized spacial score (nSPS) is 15.3. The van der Waals surface area contributed by atoms with E-state index in [4.69, 9.17) is 9.47 Å². The molecule has 2 aromatic carbocycles. The lowest BCUT2D eigenvalue weighted by atomic mass is 10.2. The van der Waals surface area contributed by atoms with Crippen LogP contribution >= 0.6 is 0 Å². The molecule has 0 spiro atoms. The first-order chi connectivity index (χ1) is 13.2. The van der Waals surface area contributed by atoms with Gasteiger partial charge in [0.25, 0.3) is 11.8 Å². The molecule has 0 saturated carbocycles. The number of carbonyl (C=O) groups is 2. The maximum atomic E-state index is 12.2. The largest absolute Gasteiger partial charge is 0.485 e. The van der Waals surface area contributed by atoms with Crippen molar-refractivity contribution < 1.29 is 19.1 Å². The summed E-state index contributed by atoms with van der Waals surface area (Å²) in [5.41, 5.74) is 1.40. The van der Waals surface area contributed by atoms with Crippen LogP contribution in [-0.4, -0.2) is 42.6 Å². The Morgan fingerprint density at radius 3 is 2.59 bits per heavy atom. The van der Waals surface area contributed by atoms with Gasteiger partial charge in [0, 0.05) is 24.0 Å². The van der Waals surface area contributed by atoms with Gasteiger partial charge in [-0.25, -0.2) is 0 Å². The Bertz CT molecular complexity index is 949. The third-order valence-corrected chi connectivity index (χ3v) is 4.29. The molecule has 1 aromatic heterocycles. The summed E-state index contributed by atoms with van der Waals surface area (Å²) in [4.78, 5) is 27.5. The van der Waals surface area contributed by atoms with Gasteiger partial charge in [0.15, 0.2) is 11.5 Å². The van der Waals surface area contributed by atoms with Gasteiger partial charge in [-0.15, -0.1) is 0 Å². The average molecular weight is 365 g/mol. The number of hydrogen-bond acceptors (Lipinski definition) is 4. The molecule has 4 rings (SSSR count). The van der Waals surface area contributed by atoms with Crippen LogP contribution in [0.15, 0.2) is 54.6 Å². The maximum absolute atomic E-state index is 12.2. The zero-order valence-electron chi connectivity index (χ0n) is 14.5. The number of carbonyl (C=O) groups excluding carboxylic acids is 2. The van der Waals surface area contributed by atoms with Crippen molar-refractivity contribution in [2.24, 2.45) is 0 Å². The predicted molar refractivity (Wildman–Crippen MR) is 100.0 cm³/mol. The topological polar surface area (TPSA) is 92.5 Å². The van der Waals surface area contributed by atoms with Crippen molar-refractivity contribution in [1.82, 2.24) is 15.6 Å². The number of aromatic amines is 1. The molecule has 3 aromatic rings. The second-order valence-corrected chi connectivity index (χ2v) is 6.18. The molecule has 2 heterocycles. The van der Waals surface area contributed by atoms with Crippen molar-refractivity contribution >= 4 is 22.7 Å². The number of ether oxygens (including phenoxy) is 2. The summed E-state index contributed by atoms with van der Waals surface area (Å²) in [6, 6.07) is 16.7. The Hall–Kier alpha value is -3.48. The van der Waals surface area contributed by atoms with Crippen LogP contribution in [0.25, 0.3) is 10.9 Å². The van der Waals surface area contributed by atoms with Gasteiger partial charge >= 0.3 is 0 Å². The molecular formula is C20H19N3O4. The Balaban J connectivity index is 1.24. The van der Waals surface area contributed by atoms with Crippen LogP contribution in [0.4, 0.5) is 0 Å². The molecule has 0 fully saturated rings. The van der Waals surface area contributed by atoms with Crippen LogP contribution < -0.4 is 20.1 Å². The number of aromatic nitrogens is 1. The van der Waals surface area contributed by atoms with Crippen molar-refractivity contribution in [3.8, 4) is 11.5 Å². The third-order valence-electron chi connectivity index (χ3n) is 4.29. The highest BCUT2D eigenvalue weighted by atomic mass is 16.6. The van der Waals surface area contributed by atoms with E-state index in [0.29, 0.717) is 30.3 Å². The number of hydrogen-bond donors (Lipinski definition) is 3. The highest BCUT2D eigenvalue weighted by Crippen LogP contribution is 2.30. The van der Waals surface area contributed by atoms with E-state index >= 15 is 0 Å². The fourth-order valence-corrected chi connectivity index (χ4v) is 2.92. The number of nitrogens with one attached hydrogen (secondary N) is 3. The summed E-state index contributed by atoms with van der Waals surface area (Å²) in [5, 5.41) is 6.50. The first-order valence-corrected chi connectivity index (χ1v) is 8.73. The molecule has 0 bridgehead atoms. The lowest BCUT2D eigenvalue weighted by molar-refractivity contribution is -0.130. The van der Waals surface area contributed by atoms with Gasteiger partial charge in [-0.1, -0.05) is 30.3 Å². The minimum Gasteiger partial charge on any atom is -0.485 e. The Morgan fingerprint density at radius 1 is 1.00 bits per heavy atom. The molecule has 3 N–H and O–H groups in total. The standard InChI is InChI=1S/C20H19N3O4/c24-19(15-11-13-5-1-2-6-14(13)23-15)21-9-10-22-20(25)18-12-26-16-7-3-4-8-17(16)27-18/h1-8,11,18,23H,9-10,12H2,(H,21,24)(H,22,25)/t18-/m1/s1. The molecule has 2 amide bonds. The molecule has 1 aliphatic rings. The lowest BCUT2D eigenvalue weighted by Gasteiger charge is -2.25. The molecule has 0 radical (unpaired) electrons. The molecular weight excluding hydrogens is 346 g/mol. The summed E-state index contributed by atoms with van der Waals surface area (Å²) in [6.45, 7) is 0.765. The van der Waals surface area contributed by atoms with Gasteiger partial charge in [-0.3, -0.25) is 9.59 Å². The second kappa shape index (κ2) is 7.41. The fourth-order valence-electron chi connectivity index (χ4n) is 2.92. The number of benzene rings is 2. The van der Waals surface area contributed by atoms with E-state index in [1.807, 2.05) is 36.4 Å². The first-order valence-electron chi connectivity index (χ1n) is 8.73. The van der Waals surface area contributed by atoms with Gasteiger partial charge in [-0.05, 0) is 24.3 Å². The van der Waals surface area contributed by atoms with E-state index in [1.54, 1.807) is 18.2 Å². The number of amides is 2. The van der Waals surface area contributed by atoms with Crippen molar-refractivity contribution in [3.63, 3.8) is 0 Å². The van der Waals surface area contributed by atoms with E-state index < -0.39 is 6.10 Å². The van der Waals surface area contributed by atoms with E-state index in [-0.39, 0.29) is 18.4 Å². The highest BCUT2D eigenvalue weighted by Gasteiger charge is 2.26. The molecule has 7 heteroatoms. The van der Waals surface area contributed by atoms with E-state index in [9.17, 15) is 9.59 Å². The predicted octanol–water partition coefficient (Wildman–Crippen LogP) is 1.85. The smallest absolute Gasteiger partial charge is 0.267 e. The number of fused-ring (bicyclic) bond motifs is 2. The SMILES string of the molecule is O=C(NCCNC(=O)[C@H]1COc2ccccc2O1)c1cc2ccccc2[nH]1. The molecule has 0 saturated heterocycles. The zero-order valence-corrected chi connectivity index (χ0v) is 14.5. The monoisotopic (exact) mass is 365 g/mol. The Kier molecular flexibility index (Phi) is 4.65. The summed E-state index contributed by atoms with van der Waals surface area (Å²) >= 11 is 0. The van der Waals surface area contributed by atoms with Crippen LogP contribution in [0.2, 0.25) is 0 Å². The van der Waals surface area contributed by atoms with Gasteiger partial charge in [0.2, 0.25) is 6.10 Å². The Morgan fingerprint density at radius 2 is 1.74 bits per heavy atom. The lowest BCUT2D eigenvalue weighted by Crippen LogP contribution is -2.46. The van der Waals surface area contributed by atoms with Crippen LogP contribution in [-0.2, 0) is 4.79 Å². The van der Waals surface area contributed by atoms with Crippen LogP contribution in [0.1, 0.15) is 10.5 Å². The molecule has 1 atom stereocenters. The molecule has 7 nitrogen and oxygen atoms in total. The first kappa shape index (κ1) is 17.0. The van der Waals surface area contributed by atoms with E-state index in [2.05, 4.69) is 15.6 Å². The van der Waals surface area contributed by atoms with Crippen LogP contribution in [0, 0.1) is 0 Å². The quantitative estimate of drug-likeness (QED) is 0.602. The summed E-state index contributed by atoms with van der Waals surface area (Å²) < 4.78 is 11.2. The van der Waals surface area contributed by atoms with Crippen LogP contribution in [0.5, 0.6) is 11.5 Å². The van der Waals surface area contributed by atoms with E-state index in [0.717, 1.165) is 10.9 Å².